The molecular weight excluding hydrogens is 240 g/mol. The van der Waals surface area contributed by atoms with E-state index >= 15 is 0 Å². The molecule has 2 nitrogen and oxygen atoms in total. The summed E-state index contributed by atoms with van der Waals surface area (Å²) in [5.41, 5.74) is 2.85. The third-order valence-corrected chi connectivity index (χ3v) is 4.85. The van der Waals surface area contributed by atoms with Gasteiger partial charge in [-0.25, -0.2) is 0 Å². The minimum absolute atomic E-state index is 0.382. The Balaban J connectivity index is 1.95. The number of nitrogens with zero attached hydrogens (tertiary/aromatic N) is 1. The van der Waals surface area contributed by atoms with Crippen LogP contribution in [0.3, 0.4) is 0 Å². The van der Waals surface area contributed by atoms with Crippen LogP contribution in [0.25, 0.3) is 0 Å². The molecule has 3 rings (SSSR count). The van der Waals surface area contributed by atoms with Gasteiger partial charge in [-0.15, -0.1) is 11.3 Å². The number of hydrogen-bond acceptors (Lipinski definition) is 3. The van der Waals surface area contributed by atoms with Gasteiger partial charge in [0.2, 0.25) is 0 Å². The highest BCUT2D eigenvalue weighted by molar-refractivity contribution is 7.10. The number of fused-ring (bicyclic) bond motifs is 1. The Labute approximate surface area is 112 Å². The first-order valence-electron chi connectivity index (χ1n) is 6.53. The molecule has 2 atom stereocenters. The molecule has 94 valence electrons. The van der Waals surface area contributed by atoms with Gasteiger partial charge in [0, 0.05) is 29.2 Å². The molecule has 2 unspecified atom stereocenters. The normalized spacial score (nSPS) is 20.4. The molecule has 18 heavy (non-hydrogen) atoms. The van der Waals surface area contributed by atoms with E-state index in [1.54, 1.807) is 10.4 Å². The maximum Gasteiger partial charge on any atom is 0.0402 e. The molecule has 2 heterocycles. The van der Waals surface area contributed by atoms with Crippen molar-refractivity contribution >= 4 is 11.3 Å². The lowest BCUT2D eigenvalue weighted by atomic mass is 9.80. The summed E-state index contributed by atoms with van der Waals surface area (Å²) in [5.74, 6) is 0.592. The molecule has 0 radical (unpaired) electrons. The van der Waals surface area contributed by atoms with Gasteiger partial charge in [-0.1, -0.05) is 6.07 Å². The van der Waals surface area contributed by atoms with Gasteiger partial charge in [-0.2, -0.15) is 0 Å². The summed E-state index contributed by atoms with van der Waals surface area (Å²) in [6.45, 7) is 0. The van der Waals surface area contributed by atoms with Gasteiger partial charge in [0.25, 0.3) is 0 Å². The topological polar surface area (TPSA) is 24.9 Å². The third kappa shape index (κ3) is 2.08. The zero-order valence-electron chi connectivity index (χ0n) is 10.6. The SMILES string of the molecule is CNC(c1cccnc1)C1CCCc2sccc21. The number of hydrogen-bond donors (Lipinski definition) is 1. The predicted octanol–water partition coefficient (Wildman–Crippen LogP) is 3.52. The van der Waals surface area contributed by atoms with Crippen LogP contribution in [0.15, 0.2) is 36.0 Å². The number of aryl methyl sites for hydroxylation is 1. The van der Waals surface area contributed by atoms with Crippen molar-refractivity contribution < 1.29 is 0 Å². The smallest absolute Gasteiger partial charge is 0.0402 e. The number of likely N-dealkylation sites (N-methyl/N-ethyl adjacent to an activating group) is 1. The van der Waals surface area contributed by atoms with Crippen LogP contribution in [0.2, 0.25) is 0 Å². The molecule has 0 saturated carbocycles. The number of rotatable bonds is 3. The lowest BCUT2D eigenvalue weighted by Gasteiger charge is -2.30. The lowest BCUT2D eigenvalue weighted by Crippen LogP contribution is -2.26. The van der Waals surface area contributed by atoms with Crippen LogP contribution in [0.4, 0.5) is 0 Å². The number of thiophene rings is 1. The maximum atomic E-state index is 4.25. The molecule has 2 aromatic rings. The summed E-state index contributed by atoms with van der Waals surface area (Å²) in [7, 11) is 2.05. The molecule has 0 spiro atoms. The van der Waals surface area contributed by atoms with E-state index in [-0.39, 0.29) is 0 Å². The molecule has 0 fully saturated rings. The molecule has 1 N–H and O–H groups in total. The second-order valence-electron chi connectivity index (χ2n) is 4.85. The van der Waals surface area contributed by atoms with E-state index in [0.717, 1.165) is 0 Å². The molecule has 0 amide bonds. The van der Waals surface area contributed by atoms with Gasteiger partial charge in [0.05, 0.1) is 0 Å². The summed E-state index contributed by atoms with van der Waals surface area (Å²) in [6, 6.07) is 6.89. The third-order valence-electron chi connectivity index (χ3n) is 3.86. The van der Waals surface area contributed by atoms with Crippen LogP contribution >= 0.6 is 11.3 Å². The van der Waals surface area contributed by atoms with Gasteiger partial charge < -0.3 is 5.32 Å². The van der Waals surface area contributed by atoms with E-state index < -0.39 is 0 Å². The van der Waals surface area contributed by atoms with Crippen molar-refractivity contribution in [1.82, 2.24) is 10.3 Å². The molecule has 0 aromatic carbocycles. The zero-order valence-corrected chi connectivity index (χ0v) is 11.4. The number of pyridine rings is 1. The van der Waals surface area contributed by atoms with Crippen LogP contribution in [0, 0.1) is 0 Å². The summed E-state index contributed by atoms with van der Waals surface area (Å²) in [5, 5.41) is 5.72. The minimum atomic E-state index is 0.382. The predicted molar refractivity (Wildman–Crippen MR) is 76.0 cm³/mol. The number of aromatic nitrogens is 1. The first kappa shape index (κ1) is 11.9. The second kappa shape index (κ2) is 5.21. The highest BCUT2D eigenvalue weighted by atomic mass is 32.1. The van der Waals surface area contributed by atoms with E-state index in [1.807, 2.05) is 29.8 Å². The summed E-state index contributed by atoms with van der Waals surface area (Å²) < 4.78 is 0. The van der Waals surface area contributed by atoms with Crippen LogP contribution < -0.4 is 5.32 Å². The second-order valence-corrected chi connectivity index (χ2v) is 5.85. The molecule has 3 heteroatoms. The molecule has 0 aliphatic heterocycles. The van der Waals surface area contributed by atoms with Crippen molar-refractivity contribution in [3.8, 4) is 0 Å². The summed E-state index contributed by atoms with van der Waals surface area (Å²) in [4.78, 5) is 5.83. The minimum Gasteiger partial charge on any atom is -0.312 e. The summed E-state index contributed by atoms with van der Waals surface area (Å²) >= 11 is 1.91. The monoisotopic (exact) mass is 258 g/mol. The van der Waals surface area contributed by atoms with Crippen molar-refractivity contribution in [2.24, 2.45) is 0 Å². The first-order valence-corrected chi connectivity index (χ1v) is 7.41. The van der Waals surface area contributed by atoms with E-state index in [0.29, 0.717) is 12.0 Å². The highest BCUT2D eigenvalue weighted by Gasteiger charge is 2.28. The average molecular weight is 258 g/mol. The fourth-order valence-corrected chi connectivity index (χ4v) is 4.03. The zero-order chi connectivity index (χ0) is 12.4. The van der Waals surface area contributed by atoms with Crippen LogP contribution in [0.5, 0.6) is 0 Å². The van der Waals surface area contributed by atoms with Crippen molar-refractivity contribution in [1.29, 1.82) is 0 Å². The van der Waals surface area contributed by atoms with Crippen molar-refractivity contribution in [2.75, 3.05) is 7.05 Å². The van der Waals surface area contributed by atoms with E-state index in [2.05, 4.69) is 34.9 Å². The standard InChI is InChI=1S/C15H18N2S/c1-16-15(11-4-3-8-17-10-11)13-5-2-6-14-12(13)7-9-18-14/h3-4,7-10,13,15-16H,2,5-6H2,1H3. The van der Waals surface area contributed by atoms with Gasteiger partial charge in [-0.3, -0.25) is 4.98 Å². The van der Waals surface area contributed by atoms with Gasteiger partial charge in [-0.05, 0) is 54.9 Å². The Morgan fingerprint density at radius 1 is 1.44 bits per heavy atom. The van der Waals surface area contributed by atoms with Gasteiger partial charge in [0.1, 0.15) is 0 Å². The van der Waals surface area contributed by atoms with Gasteiger partial charge in [0.15, 0.2) is 0 Å². The molecule has 1 aliphatic rings. The Bertz CT molecular complexity index is 506. The fraction of sp³-hybridized carbons (Fsp3) is 0.400. The quantitative estimate of drug-likeness (QED) is 0.911. The number of nitrogens with one attached hydrogen (secondary N) is 1. The molecule has 1 aliphatic carbocycles. The highest BCUT2D eigenvalue weighted by Crippen LogP contribution is 2.41. The van der Waals surface area contributed by atoms with Crippen LogP contribution in [0.1, 0.15) is 40.8 Å². The molecular formula is C15H18N2S. The summed E-state index contributed by atoms with van der Waals surface area (Å²) in [6.07, 6.45) is 7.66. The Hall–Kier alpha value is -1.19. The molecule has 0 bridgehead atoms. The maximum absolute atomic E-state index is 4.25. The Kier molecular flexibility index (Phi) is 3.43. The largest absolute Gasteiger partial charge is 0.312 e. The van der Waals surface area contributed by atoms with Crippen molar-refractivity contribution in [3.63, 3.8) is 0 Å². The van der Waals surface area contributed by atoms with Crippen LogP contribution in [-0.2, 0) is 6.42 Å². The van der Waals surface area contributed by atoms with Crippen molar-refractivity contribution in [3.05, 3.63) is 52.0 Å². The fourth-order valence-electron chi connectivity index (χ4n) is 3.03. The van der Waals surface area contributed by atoms with Crippen LogP contribution in [-0.4, -0.2) is 12.0 Å². The van der Waals surface area contributed by atoms with Crippen molar-refractivity contribution in [2.45, 2.75) is 31.2 Å². The Morgan fingerprint density at radius 2 is 2.39 bits per heavy atom. The van der Waals surface area contributed by atoms with E-state index in [1.165, 1.54) is 24.8 Å². The molecule has 0 saturated heterocycles. The molecule has 2 aromatic heterocycles. The Morgan fingerprint density at radius 3 is 3.17 bits per heavy atom. The van der Waals surface area contributed by atoms with E-state index in [4.69, 9.17) is 0 Å². The average Bonchev–Trinajstić information content (AvgIpc) is 2.90. The van der Waals surface area contributed by atoms with E-state index in [9.17, 15) is 0 Å². The lowest BCUT2D eigenvalue weighted by molar-refractivity contribution is 0.427. The van der Waals surface area contributed by atoms with Gasteiger partial charge >= 0.3 is 0 Å². The first-order chi connectivity index (χ1) is 8.90.